The Balaban J connectivity index is 1.25. The molecule has 0 bridgehead atoms. The van der Waals surface area contributed by atoms with Crippen molar-refractivity contribution in [2.24, 2.45) is 0 Å². The minimum atomic E-state index is 0.183. The fourth-order valence-corrected chi connectivity index (χ4v) is 4.68. The van der Waals surface area contributed by atoms with Crippen LogP contribution in [0.4, 0.5) is 0 Å². The van der Waals surface area contributed by atoms with Gasteiger partial charge in [0, 0.05) is 59.9 Å². The molecule has 0 aliphatic rings. The van der Waals surface area contributed by atoms with E-state index in [1.165, 1.54) is 0 Å². The van der Waals surface area contributed by atoms with Crippen molar-refractivity contribution in [3.8, 4) is 56.8 Å². The van der Waals surface area contributed by atoms with Gasteiger partial charge in [-0.25, -0.2) is 9.97 Å². The summed E-state index contributed by atoms with van der Waals surface area (Å²) in [6.07, 6.45) is 8.02. The first-order valence-corrected chi connectivity index (χ1v) is 13.0. The van der Waals surface area contributed by atoms with Crippen molar-refractivity contribution in [1.82, 2.24) is 19.9 Å². The second-order valence-corrected chi connectivity index (χ2v) is 9.98. The molecule has 0 radical (unpaired) electrons. The summed E-state index contributed by atoms with van der Waals surface area (Å²) in [5.41, 5.74) is 9.10. The number of hydrogen-bond acceptors (Lipinski definition) is 4. The number of imidazole rings is 2. The summed E-state index contributed by atoms with van der Waals surface area (Å²) < 4.78 is 4.02. The Kier molecular flexibility index (Phi) is 6.15. The minimum absolute atomic E-state index is 0.183. The normalized spacial score (nSPS) is 11.2. The minimum Gasteiger partial charge on any atom is -0.507 e. The zero-order valence-corrected chi connectivity index (χ0v) is 22.8. The number of hydrogen-bond donors (Lipinski definition) is 4. The van der Waals surface area contributed by atoms with Crippen molar-refractivity contribution >= 4 is 0 Å². The van der Waals surface area contributed by atoms with Crippen LogP contribution in [0.25, 0.3) is 45.3 Å². The third kappa shape index (κ3) is 4.60. The van der Waals surface area contributed by atoms with Crippen molar-refractivity contribution in [3.63, 3.8) is 0 Å². The molecule has 0 saturated carbocycles. The zero-order valence-electron chi connectivity index (χ0n) is 22.8. The van der Waals surface area contributed by atoms with Gasteiger partial charge in [0.1, 0.15) is 23.1 Å². The van der Waals surface area contributed by atoms with Gasteiger partial charge in [0.25, 0.3) is 0 Å². The van der Waals surface area contributed by atoms with Crippen molar-refractivity contribution in [3.05, 3.63) is 108 Å². The van der Waals surface area contributed by atoms with Crippen LogP contribution in [-0.2, 0) is 0 Å². The van der Waals surface area contributed by atoms with E-state index in [1.54, 1.807) is 12.1 Å². The lowest BCUT2D eigenvalue weighted by molar-refractivity contribution is -0.596. The number of pyridine rings is 2. The fourth-order valence-electron chi connectivity index (χ4n) is 4.68. The Morgan fingerprint density at radius 3 is 1.25 bits per heavy atom. The SMILES string of the molecule is Cc1nc(-c2cc(-[n+]3ccc(-c4cc[n+](-c5ccc(O)c(-c6nc(C)c(C)[nH]6)c5)cc4)cc3)ccc2O)[nH]c1C. The maximum atomic E-state index is 10.4. The third-order valence-corrected chi connectivity index (χ3v) is 7.32. The van der Waals surface area contributed by atoms with Gasteiger partial charge >= 0.3 is 0 Å². The fraction of sp³-hybridized carbons (Fsp3) is 0.125. The van der Waals surface area contributed by atoms with Crippen LogP contribution in [0.15, 0.2) is 85.5 Å². The quantitative estimate of drug-likeness (QED) is 0.226. The second-order valence-electron chi connectivity index (χ2n) is 9.98. The van der Waals surface area contributed by atoms with E-state index >= 15 is 0 Å². The number of benzene rings is 2. The first kappa shape index (κ1) is 25.1. The lowest BCUT2D eigenvalue weighted by Crippen LogP contribution is -2.29. The molecule has 6 aromatic rings. The van der Waals surface area contributed by atoms with E-state index in [4.69, 9.17) is 0 Å². The summed E-state index contributed by atoms with van der Waals surface area (Å²) in [6.45, 7) is 7.82. The van der Waals surface area contributed by atoms with E-state index in [0.717, 1.165) is 45.3 Å². The highest BCUT2D eigenvalue weighted by atomic mass is 16.3. The molecular weight excluding hydrogens is 500 g/mol. The number of phenols is 2. The second kappa shape index (κ2) is 9.81. The largest absolute Gasteiger partial charge is 0.507 e. The van der Waals surface area contributed by atoms with E-state index < -0.39 is 0 Å². The summed E-state index contributed by atoms with van der Waals surface area (Å²) >= 11 is 0. The molecule has 0 unspecified atom stereocenters. The molecule has 6 rings (SSSR count). The van der Waals surface area contributed by atoms with Gasteiger partial charge in [-0.2, -0.15) is 9.13 Å². The molecule has 0 aliphatic carbocycles. The van der Waals surface area contributed by atoms with Gasteiger partial charge in [0.2, 0.25) is 11.4 Å². The molecule has 0 atom stereocenters. The highest BCUT2D eigenvalue weighted by Gasteiger charge is 2.17. The van der Waals surface area contributed by atoms with Crippen LogP contribution in [-0.4, -0.2) is 30.1 Å². The molecule has 40 heavy (non-hydrogen) atoms. The molecule has 8 heteroatoms. The maximum Gasteiger partial charge on any atom is 0.211 e. The average Bonchev–Trinajstić information content (AvgIpc) is 3.48. The third-order valence-electron chi connectivity index (χ3n) is 7.32. The molecule has 0 spiro atoms. The molecule has 198 valence electrons. The van der Waals surface area contributed by atoms with Crippen LogP contribution in [0.3, 0.4) is 0 Å². The van der Waals surface area contributed by atoms with Gasteiger partial charge in [-0.05, 0) is 51.0 Å². The van der Waals surface area contributed by atoms with Gasteiger partial charge in [0.05, 0.1) is 22.5 Å². The molecular formula is C32H30N6O2+2. The number of phenolic OH excluding ortho intramolecular Hbond substituents is 2. The molecule has 0 aliphatic heterocycles. The van der Waals surface area contributed by atoms with Gasteiger partial charge in [0.15, 0.2) is 24.8 Å². The first-order chi connectivity index (χ1) is 19.3. The summed E-state index contributed by atoms with van der Waals surface area (Å²) in [6, 6.07) is 19.2. The number of aromatic hydroxyl groups is 2. The highest BCUT2D eigenvalue weighted by molar-refractivity contribution is 5.68. The standard InChI is InChI=1S/C32H28N6O2/c1-19-20(2)34-31(33-19)27-17-25(5-7-29(27)39)37-13-9-23(10-14-37)24-11-15-38(16-12-24)26-6-8-30(40)28(18-26)32-35-21(3)22(4)36-32/h5-18H,1-4H3,(H2,33,34,35,36,39,40)/p+2. The molecule has 0 saturated heterocycles. The predicted octanol–water partition coefficient (Wildman–Crippen LogP) is 5.33. The molecule has 0 amide bonds. The molecule has 4 N–H and O–H groups in total. The zero-order chi connectivity index (χ0) is 28.0. The Morgan fingerprint density at radius 1 is 0.550 bits per heavy atom. The number of nitrogens with zero attached hydrogens (tertiary/aromatic N) is 4. The number of rotatable bonds is 5. The van der Waals surface area contributed by atoms with E-state index in [-0.39, 0.29) is 11.5 Å². The average molecular weight is 531 g/mol. The Morgan fingerprint density at radius 2 is 0.925 bits per heavy atom. The Hall–Kier alpha value is -5.24. The van der Waals surface area contributed by atoms with Crippen LogP contribution < -0.4 is 9.13 Å². The van der Waals surface area contributed by atoms with Crippen LogP contribution in [0.5, 0.6) is 11.5 Å². The van der Waals surface area contributed by atoms with Gasteiger partial charge in [-0.15, -0.1) is 0 Å². The summed E-state index contributed by atoms with van der Waals surface area (Å²) in [5.74, 6) is 1.67. The number of H-pyrrole nitrogens is 2. The van der Waals surface area contributed by atoms with E-state index in [0.29, 0.717) is 22.8 Å². The van der Waals surface area contributed by atoms with Crippen LogP contribution in [0.1, 0.15) is 22.8 Å². The van der Waals surface area contributed by atoms with Crippen molar-refractivity contribution in [2.45, 2.75) is 27.7 Å². The smallest absolute Gasteiger partial charge is 0.211 e. The van der Waals surface area contributed by atoms with E-state index in [9.17, 15) is 10.2 Å². The van der Waals surface area contributed by atoms with Crippen LogP contribution in [0, 0.1) is 27.7 Å². The molecule has 4 heterocycles. The highest BCUT2D eigenvalue weighted by Crippen LogP contribution is 2.30. The van der Waals surface area contributed by atoms with Gasteiger partial charge in [-0.3, -0.25) is 0 Å². The molecule has 4 aromatic heterocycles. The van der Waals surface area contributed by atoms with Crippen LogP contribution >= 0.6 is 0 Å². The number of nitrogens with one attached hydrogen (secondary N) is 2. The summed E-state index contributed by atoms with van der Waals surface area (Å²) in [4.78, 5) is 15.6. The number of aromatic amines is 2. The summed E-state index contributed by atoms with van der Waals surface area (Å²) in [7, 11) is 0. The predicted molar refractivity (Wildman–Crippen MR) is 152 cm³/mol. The number of aryl methyl sites for hydroxylation is 4. The maximum absolute atomic E-state index is 10.4. The summed E-state index contributed by atoms with van der Waals surface area (Å²) in [5, 5.41) is 20.9. The molecule has 2 aromatic carbocycles. The van der Waals surface area contributed by atoms with E-state index in [2.05, 4.69) is 44.2 Å². The lowest BCUT2D eigenvalue weighted by atomic mass is 10.1. The number of aromatic nitrogens is 6. The molecule has 8 nitrogen and oxygen atoms in total. The Labute approximate surface area is 231 Å². The van der Waals surface area contributed by atoms with Gasteiger partial charge in [-0.1, -0.05) is 0 Å². The Bertz CT molecular complexity index is 1670. The van der Waals surface area contributed by atoms with E-state index in [1.807, 2.05) is 85.9 Å². The topological polar surface area (TPSA) is 106 Å². The van der Waals surface area contributed by atoms with Gasteiger partial charge < -0.3 is 20.2 Å². The van der Waals surface area contributed by atoms with Crippen molar-refractivity contribution < 1.29 is 19.3 Å². The van der Waals surface area contributed by atoms with Crippen LogP contribution in [0.2, 0.25) is 0 Å². The van der Waals surface area contributed by atoms with Crippen molar-refractivity contribution in [1.29, 1.82) is 0 Å². The molecule has 0 fully saturated rings. The monoisotopic (exact) mass is 530 g/mol. The first-order valence-electron chi connectivity index (χ1n) is 13.0. The lowest BCUT2D eigenvalue weighted by Gasteiger charge is -2.05. The van der Waals surface area contributed by atoms with Crippen molar-refractivity contribution in [2.75, 3.05) is 0 Å².